The van der Waals surface area contributed by atoms with Crippen molar-refractivity contribution in [1.82, 2.24) is 15.0 Å². The number of halogens is 2. The lowest BCUT2D eigenvalue weighted by Crippen LogP contribution is -2.16. The van der Waals surface area contributed by atoms with Crippen molar-refractivity contribution in [3.05, 3.63) is 59.9 Å². The minimum absolute atomic E-state index is 0.0486. The van der Waals surface area contributed by atoms with E-state index >= 15 is 0 Å². The standard InChI is InChI=1S/C25H23F2N5O5S/c1-13-18-7-14(9-21(23(18)31-25(28)30-13)37-17-5-6-36-12-17)15-8-20(24(35-2)29-11-15)32-38(33,34)22-4-3-16(26)10-19(22)27/h3-4,7-11,17,32H,5-6,12H2,1-2H3,(H2,28,30,31). The summed E-state index contributed by atoms with van der Waals surface area (Å²) in [5, 5.41) is 0.678. The van der Waals surface area contributed by atoms with Crippen LogP contribution in [0.1, 0.15) is 12.1 Å². The van der Waals surface area contributed by atoms with Crippen LogP contribution in [0.25, 0.3) is 22.0 Å². The molecule has 0 saturated carbocycles. The molecule has 2 aromatic carbocycles. The van der Waals surface area contributed by atoms with E-state index in [-0.39, 0.29) is 23.6 Å². The van der Waals surface area contributed by atoms with Gasteiger partial charge in [-0.05, 0) is 42.8 Å². The molecule has 13 heteroatoms. The van der Waals surface area contributed by atoms with Gasteiger partial charge in [0.25, 0.3) is 10.0 Å². The van der Waals surface area contributed by atoms with E-state index in [0.29, 0.717) is 59.2 Å². The van der Waals surface area contributed by atoms with Crippen LogP contribution in [0.2, 0.25) is 0 Å². The Hall–Kier alpha value is -4.10. The van der Waals surface area contributed by atoms with Gasteiger partial charge in [-0.3, -0.25) is 4.72 Å². The van der Waals surface area contributed by atoms with Crippen molar-refractivity contribution >= 4 is 32.6 Å². The lowest BCUT2D eigenvalue weighted by molar-refractivity contribution is 0.142. The fraction of sp³-hybridized carbons (Fsp3) is 0.240. The largest absolute Gasteiger partial charge is 0.486 e. The number of hydrogen-bond donors (Lipinski definition) is 2. The molecule has 0 radical (unpaired) electrons. The Bertz CT molecular complexity index is 1650. The number of sulfonamides is 1. The van der Waals surface area contributed by atoms with E-state index in [1.165, 1.54) is 19.4 Å². The van der Waals surface area contributed by atoms with Crippen LogP contribution in [0, 0.1) is 18.6 Å². The van der Waals surface area contributed by atoms with Crippen molar-refractivity contribution < 1.29 is 31.4 Å². The van der Waals surface area contributed by atoms with E-state index in [4.69, 9.17) is 19.9 Å². The van der Waals surface area contributed by atoms with Gasteiger partial charge in [0.1, 0.15) is 39.6 Å². The number of nitrogen functional groups attached to an aromatic ring is 1. The molecule has 0 aliphatic carbocycles. The van der Waals surface area contributed by atoms with E-state index < -0.39 is 26.6 Å². The maximum absolute atomic E-state index is 14.3. The normalized spacial score (nSPS) is 15.5. The fourth-order valence-electron chi connectivity index (χ4n) is 4.15. The zero-order valence-electron chi connectivity index (χ0n) is 20.4. The van der Waals surface area contributed by atoms with Gasteiger partial charge in [-0.1, -0.05) is 0 Å². The number of hydrogen-bond acceptors (Lipinski definition) is 9. The number of nitrogens with one attached hydrogen (secondary N) is 1. The molecule has 0 bridgehead atoms. The van der Waals surface area contributed by atoms with E-state index in [1.807, 2.05) is 6.07 Å². The van der Waals surface area contributed by atoms with Gasteiger partial charge in [0.05, 0.1) is 26.0 Å². The molecule has 5 rings (SSSR count). The summed E-state index contributed by atoms with van der Waals surface area (Å²) in [6.45, 7) is 2.80. The molecule has 1 saturated heterocycles. The number of methoxy groups -OCH3 is 1. The molecule has 1 fully saturated rings. The third-order valence-electron chi connectivity index (χ3n) is 5.96. The average Bonchev–Trinajstić information content (AvgIpc) is 3.37. The summed E-state index contributed by atoms with van der Waals surface area (Å²) in [6, 6.07) is 7.22. The molecule has 1 aliphatic rings. The average molecular weight is 544 g/mol. The van der Waals surface area contributed by atoms with E-state index in [9.17, 15) is 17.2 Å². The summed E-state index contributed by atoms with van der Waals surface area (Å²) in [7, 11) is -3.13. The number of fused-ring (bicyclic) bond motifs is 1. The summed E-state index contributed by atoms with van der Waals surface area (Å²) in [6.07, 6.45) is 2.03. The number of aromatic nitrogens is 3. The molecule has 1 aliphatic heterocycles. The van der Waals surface area contributed by atoms with Gasteiger partial charge in [0, 0.05) is 29.6 Å². The van der Waals surface area contributed by atoms with Crippen LogP contribution < -0.4 is 19.9 Å². The van der Waals surface area contributed by atoms with Crippen LogP contribution in [0.4, 0.5) is 20.4 Å². The minimum Gasteiger partial charge on any atom is -0.486 e. The second-order valence-electron chi connectivity index (χ2n) is 8.60. The second kappa shape index (κ2) is 9.99. The van der Waals surface area contributed by atoms with Crippen LogP contribution in [-0.2, 0) is 14.8 Å². The zero-order chi connectivity index (χ0) is 27.0. The summed E-state index contributed by atoms with van der Waals surface area (Å²) < 4.78 is 72.6. The number of aryl methyl sites for hydroxylation is 1. The van der Waals surface area contributed by atoms with Gasteiger partial charge in [0.15, 0.2) is 0 Å². The van der Waals surface area contributed by atoms with Gasteiger partial charge in [-0.25, -0.2) is 32.2 Å². The van der Waals surface area contributed by atoms with Crippen molar-refractivity contribution in [2.45, 2.75) is 24.3 Å². The lowest BCUT2D eigenvalue weighted by Gasteiger charge is -2.17. The number of benzene rings is 2. The van der Waals surface area contributed by atoms with Crippen LogP contribution in [0.3, 0.4) is 0 Å². The molecule has 10 nitrogen and oxygen atoms in total. The first-order valence-corrected chi connectivity index (χ1v) is 13.0. The van der Waals surface area contributed by atoms with Crippen LogP contribution >= 0.6 is 0 Å². The van der Waals surface area contributed by atoms with Gasteiger partial charge in [-0.15, -0.1) is 0 Å². The molecule has 198 valence electrons. The van der Waals surface area contributed by atoms with E-state index in [1.54, 1.807) is 13.0 Å². The molecule has 1 atom stereocenters. The van der Waals surface area contributed by atoms with Crippen LogP contribution in [0.15, 0.2) is 47.5 Å². The molecule has 0 amide bonds. The topological polar surface area (TPSA) is 139 Å². The molecule has 0 spiro atoms. The highest BCUT2D eigenvalue weighted by Crippen LogP contribution is 2.37. The SMILES string of the molecule is COc1ncc(-c2cc(OC3CCOC3)c3nc(N)nc(C)c3c2)cc1NS(=O)(=O)c1ccc(F)cc1F. The Morgan fingerprint density at radius 3 is 2.66 bits per heavy atom. The monoisotopic (exact) mass is 543 g/mol. The highest BCUT2D eigenvalue weighted by molar-refractivity contribution is 7.92. The number of rotatable bonds is 7. The number of anilines is 2. The molecule has 3 heterocycles. The van der Waals surface area contributed by atoms with E-state index in [0.717, 1.165) is 12.1 Å². The second-order valence-corrected chi connectivity index (χ2v) is 10.3. The summed E-state index contributed by atoms with van der Waals surface area (Å²) in [4.78, 5) is 12.1. The molecule has 3 N–H and O–H groups in total. The molecule has 38 heavy (non-hydrogen) atoms. The minimum atomic E-state index is -4.45. The highest BCUT2D eigenvalue weighted by Gasteiger charge is 2.24. The Kier molecular flexibility index (Phi) is 6.71. The van der Waals surface area contributed by atoms with Crippen LogP contribution in [-0.4, -0.2) is 49.8 Å². The third-order valence-corrected chi connectivity index (χ3v) is 7.36. The Balaban J connectivity index is 1.59. The molecular formula is C25H23F2N5O5S. The predicted octanol–water partition coefficient (Wildman–Crippen LogP) is 3.84. The molecular weight excluding hydrogens is 520 g/mol. The van der Waals surface area contributed by atoms with E-state index in [2.05, 4.69) is 19.7 Å². The van der Waals surface area contributed by atoms with Crippen LogP contribution in [0.5, 0.6) is 11.6 Å². The summed E-state index contributed by atoms with van der Waals surface area (Å²) >= 11 is 0. The smallest absolute Gasteiger partial charge is 0.264 e. The Morgan fingerprint density at radius 2 is 1.95 bits per heavy atom. The Labute approximate surface area is 216 Å². The molecule has 1 unspecified atom stereocenters. The summed E-state index contributed by atoms with van der Waals surface area (Å²) in [5.74, 6) is -1.63. The highest BCUT2D eigenvalue weighted by atomic mass is 32.2. The number of nitrogens with two attached hydrogens (primary N) is 1. The maximum Gasteiger partial charge on any atom is 0.264 e. The van der Waals surface area contributed by atoms with Gasteiger partial charge >= 0.3 is 0 Å². The van der Waals surface area contributed by atoms with Crippen molar-refractivity contribution in [1.29, 1.82) is 0 Å². The third kappa shape index (κ3) is 5.02. The van der Waals surface area contributed by atoms with Crippen molar-refractivity contribution in [2.75, 3.05) is 30.8 Å². The van der Waals surface area contributed by atoms with Crippen molar-refractivity contribution in [2.24, 2.45) is 0 Å². The van der Waals surface area contributed by atoms with Crippen molar-refractivity contribution in [3.63, 3.8) is 0 Å². The fourth-order valence-corrected chi connectivity index (χ4v) is 5.26. The number of pyridine rings is 1. The Morgan fingerprint density at radius 1 is 1.13 bits per heavy atom. The van der Waals surface area contributed by atoms with Gasteiger partial charge in [-0.2, -0.15) is 0 Å². The number of nitrogens with zero attached hydrogens (tertiary/aromatic N) is 3. The summed E-state index contributed by atoms with van der Waals surface area (Å²) in [5.41, 5.74) is 8.10. The first-order chi connectivity index (χ1) is 18.1. The maximum atomic E-state index is 14.3. The van der Waals surface area contributed by atoms with Gasteiger partial charge in [0.2, 0.25) is 11.8 Å². The van der Waals surface area contributed by atoms with Gasteiger partial charge < -0.3 is 19.9 Å². The first-order valence-electron chi connectivity index (χ1n) is 11.5. The first kappa shape index (κ1) is 25.5. The number of ether oxygens (including phenoxy) is 3. The molecule has 2 aromatic heterocycles. The zero-order valence-corrected chi connectivity index (χ0v) is 21.2. The quantitative estimate of drug-likeness (QED) is 0.356. The molecule has 4 aromatic rings. The van der Waals surface area contributed by atoms with Crippen molar-refractivity contribution in [3.8, 4) is 22.8 Å². The predicted molar refractivity (Wildman–Crippen MR) is 135 cm³/mol. The lowest BCUT2D eigenvalue weighted by atomic mass is 10.0.